The molecule has 0 spiro atoms. The summed E-state index contributed by atoms with van der Waals surface area (Å²) in [5, 5.41) is 15.5. The molecule has 1 aliphatic heterocycles. The Hall–Kier alpha value is -1.74. The van der Waals surface area contributed by atoms with E-state index in [2.05, 4.69) is 5.10 Å². The third-order valence-corrected chi connectivity index (χ3v) is 3.03. The first-order chi connectivity index (χ1) is 9.10. The molecule has 1 saturated heterocycles. The number of ether oxygens (including phenoxy) is 1. The standard InChI is InChI=1S/C10H11N3O5S.ClH/c1-19-6-8-5-12(10(14)18-8)11-4-7-2-3-9(17-7)13(15)16;/h2-4,8H,5-6H2,1H3;1H/b11-4+;. The Morgan fingerprint density at radius 3 is 3.00 bits per heavy atom. The van der Waals surface area contributed by atoms with Gasteiger partial charge in [-0.3, -0.25) is 10.1 Å². The van der Waals surface area contributed by atoms with E-state index >= 15 is 0 Å². The van der Waals surface area contributed by atoms with Crippen LogP contribution in [0.3, 0.4) is 0 Å². The molecule has 0 radical (unpaired) electrons. The lowest BCUT2D eigenvalue weighted by Gasteiger charge is -2.04. The minimum absolute atomic E-state index is 0. The van der Waals surface area contributed by atoms with Gasteiger partial charge in [-0.25, -0.2) is 4.79 Å². The number of carbonyl (C=O) groups is 1. The molecule has 10 heteroatoms. The van der Waals surface area contributed by atoms with Gasteiger partial charge in [-0.05, 0) is 12.3 Å². The molecule has 2 rings (SSSR count). The number of furan rings is 1. The SMILES string of the molecule is CSCC1CN(/N=C/c2ccc([N+](=O)[O-])o2)C(=O)O1.Cl. The van der Waals surface area contributed by atoms with E-state index in [0.717, 1.165) is 5.01 Å². The Bertz CT molecular complexity index is 521. The van der Waals surface area contributed by atoms with Gasteiger partial charge >= 0.3 is 12.0 Å². The Kier molecular flexibility index (Phi) is 5.83. The quantitative estimate of drug-likeness (QED) is 0.468. The van der Waals surface area contributed by atoms with Crippen LogP contribution in [-0.4, -0.2) is 46.9 Å². The fourth-order valence-electron chi connectivity index (χ4n) is 1.51. The number of thioether (sulfide) groups is 1. The maximum absolute atomic E-state index is 11.4. The van der Waals surface area contributed by atoms with Crippen LogP contribution in [0.1, 0.15) is 5.76 Å². The second kappa shape index (κ2) is 7.15. The molecule has 1 aliphatic rings. The summed E-state index contributed by atoms with van der Waals surface area (Å²) < 4.78 is 9.94. The van der Waals surface area contributed by atoms with Crippen LogP contribution in [0.15, 0.2) is 21.7 Å². The van der Waals surface area contributed by atoms with E-state index in [-0.39, 0.29) is 30.2 Å². The predicted molar refractivity (Wildman–Crippen MR) is 75.6 cm³/mol. The van der Waals surface area contributed by atoms with Crippen molar-refractivity contribution in [1.29, 1.82) is 0 Å². The average Bonchev–Trinajstić information content (AvgIpc) is 2.94. The summed E-state index contributed by atoms with van der Waals surface area (Å²) in [4.78, 5) is 21.2. The van der Waals surface area contributed by atoms with Crippen molar-refractivity contribution in [3.05, 3.63) is 28.0 Å². The minimum Gasteiger partial charge on any atom is -0.442 e. The van der Waals surface area contributed by atoms with E-state index in [1.165, 1.54) is 18.3 Å². The van der Waals surface area contributed by atoms with Gasteiger partial charge in [0.25, 0.3) is 0 Å². The first kappa shape index (κ1) is 16.3. The Morgan fingerprint density at radius 2 is 2.40 bits per heavy atom. The summed E-state index contributed by atoms with van der Waals surface area (Å²) in [6.07, 6.45) is 2.44. The number of hydrogen-bond donors (Lipinski definition) is 0. The zero-order chi connectivity index (χ0) is 13.8. The predicted octanol–water partition coefficient (Wildman–Crippen LogP) is 2.13. The number of carbonyl (C=O) groups excluding carboxylic acids is 1. The summed E-state index contributed by atoms with van der Waals surface area (Å²) in [6.45, 7) is 0.360. The lowest BCUT2D eigenvalue weighted by Crippen LogP contribution is -2.19. The average molecular weight is 322 g/mol. The van der Waals surface area contributed by atoms with Gasteiger partial charge in [0.1, 0.15) is 11.0 Å². The third-order valence-electron chi connectivity index (χ3n) is 2.32. The van der Waals surface area contributed by atoms with Crippen molar-refractivity contribution in [1.82, 2.24) is 5.01 Å². The molecule has 1 fully saturated rings. The number of rotatable bonds is 5. The second-order valence-corrected chi connectivity index (χ2v) is 4.63. The molecule has 0 bridgehead atoms. The molecule has 2 heterocycles. The highest BCUT2D eigenvalue weighted by Crippen LogP contribution is 2.16. The first-order valence-corrected chi connectivity index (χ1v) is 6.75. The van der Waals surface area contributed by atoms with Crippen molar-refractivity contribution in [2.75, 3.05) is 18.6 Å². The van der Waals surface area contributed by atoms with Gasteiger partial charge in [0, 0.05) is 5.75 Å². The van der Waals surface area contributed by atoms with Crippen LogP contribution in [0.25, 0.3) is 0 Å². The first-order valence-electron chi connectivity index (χ1n) is 5.35. The lowest BCUT2D eigenvalue weighted by atomic mass is 10.4. The molecule has 8 nitrogen and oxygen atoms in total. The number of nitrogens with zero attached hydrogens (tertiary/aromatic N) is 3. The Balaban J connectivity index is 0.00000200. The monoisotopic (exact) mass is 321 g/mol. The van der Waals surface area contributed by atoms with Gasteiger partial charge in [0.2, 0.25) is 0 Å². The highest BCUT2D eigenvalue weighted by atomic mass is 35.5. The lowest BCUT2D eigenvalue weighted by molar-refractivity contribution is -0.402. The largest absolute Gasteiger partial charge is 0.442 e. The van der Waals surface area contributed by atoms with Gasteiger partial charge in [-0.15, -0.1) is 12.4 Å². The molecule has 1 aromatic heterocycles. The van der Waals surface area contributed by atoms with Gasteiger partial charge < -0.3 is 9.15 Å². The molecule has 1 unspecified atom stereocenters. The van der Waals surface area contributed by atoms with Crippen LogP contribution in [0.2, 0.25) is 0 Å². The van der Waals surface area contributed by atoms with E-state index in [1.54, 1.807) is 11.8 Å². The molecule has 1 atom stereocenters. The number of hydrazone groups is 1. The van der Waals surface area contributed by atoms with Gasteiger partial charge in [-0.2, -0.15) is 21.9 Å². The third kappa shape index (κ3) is 3.87. The normalized spacial score (nSPS) is 18.1. The van der Waals surface area contributed by atoms with Crippen molar-refractivity contribution in [2.45, 2.75) is 6.10 Å². The van der Waals surface area contributed by atoms with Crippen LogP contribution < -0.4 is 0 Å². The van der Waals surface area contributed by atoms with Gasteiger partial charge in [-0.1, -0.05) is 0 Å². The summed E-state index contributed by atoms with van der Waals surface area (Å²) in [5.74, 6) is 0.530. The Labute approximate surface area is 124 Å². The maximum atomic E-state index is 11.4. The molecule has 0 N–H and O–H groups in total. The highest BCUT2D eigenvalue weighted by Gasteiger charge is 2.30. The summed E-state index contributed by atoms with van der Waals surface area (Å²) in [6, 6.07) is 2.63. The maximum Gasteiger partial charge on any atom is 0.433 e. The van der Waals surface area contributed by atoms with Crippen LogP contribution in [-0.2, 0) is 4.74 Å². The fourth-order valence-corrected chi connectivity index (χ4v) is 2.06. The number of cyclic esters (lactones) is 1. The van der Waals surface area contributed by atoms with E-state index in [1.807, 2.05) is 6.26 Å². The molecule has 0 aromatic carbocycles. The van der Waals surface area contributed by atoms with Crippen molar-refractivity contribution in [3.8, 4) is 0 Å². The van der Waals surface area contributed by atoms with Crippen LogP contribution in [0.4, 0.5) is 10.7 Å². The zero-order valence-electron chi connectivity index (χ0n) is 10.4. The molecule has 0 aliphatic carbocycles. The molecule has 0 saturated carbocycles. The van der Waals surface area contributed by atoms with E-state index in [4.69, 9.17) is 9.15 Å². The van der Waals surface area contributed by atoms with Crippen LogP contribution >= 0.6 is 24.2 Å². The van der Waals surface area contributed by atoms with Gasteiger partial charge in [0.15, 0.2) is 5.76 Å². The molecule has 110 valence electrons. The van der Waals surface area contributed by atoms with E-state index in [0.29, 0.717) is 12.3 Å². The van der Waals surface area contributed by atoms with Crippen molar-refractivity contribution >= 4 is 42.4 Å². The Morgan fingerprint density at radius 1 is 1.65 bits per heavy atom. The van der Waals surface area contributed by atoms with Crippen molar-refractivity contribution in [2.24, 2.45) is 5.10 Å². The minimum atomic E-state index is -0.643. The number of amides is 1. The molecular formula is C10H12ClN3O5S. The summed E-state index contributed by atoms with van der Waals surface area (Å²) in [5.41, 5.74) is 0. The van der Waals surface area contributed by atoms with E-state index in [9.17, 15) is 14.9 Å². The molecule has 1 aromatic rings. The van der Waals surface area contributed by atoms with Crippen molar-refractivity contribution < 1.29 is 18.9 Å². The molecular weight excluding hydrogens is 310 g/mol. The summed E-state index contributed by atoms with van der Waals surface area (Å²) in [7, 11) is 0. The highest BCUT2D eigenvalue weighted by molar-refractivity contribution is 7.98. The fraction of sp³-hybridized carbons (Fsp3) is 0.400. The van der Waals surface area contributed by atoms with Crippen LogP contribution in [0.5, 0.6) is 0 Å². The van der Waals surface area contributed by atoms with Gasteiger partial charge in [0.05, 0.1) is 18.8 Å². The second-order valence-electron chi connectivity index (χ2n) is 3.72. The number of halogens is 1. The molecule has 1 amide bonds. The molecule has 20 heavy (non-hydrogen) atoms. The number of nitro groups is 1. The van der Waals surface area contributed by atoms with Crippen LogP contribution in [0, 0.1) is 10.1 Å². The smallest absolute Gasteiger partial charge is 0.433 e. The number of hydrogen-bond acceptors (Lipinski definition) is 7. The van der Waals surface area contributed by atoms with Crippen molar-refractivity contribution in [3.63, 3.8) is 0 Å². The summed E-state index contributed by atoms with van der Waals surface area (Å²) >= 11 is 1.57. The topological polar surface area (TPSA) is 98.2 Å². The van der Waals surface area contributed by atoms with E-state index < -0.39 is 11.0 Å². The zero-order valence-corrected chi connectivity index (χ0v) is 12.1.